The molecule has 0 fully saturated rings. The predicted molar refractivity (Wildman–Crippen MR) is 66.9 cm³/mol. The van der Waals surface area contributed by atoms with E-state index in [4.69, 9.17) is 15.2 Å². The largest absolute Gasteiger partial charge is 0.493 e. The number of hydrogen-bond acceptors (Lipinski definition) is 4. The van der Waals surface area contributed by atoms with Crippen molar-refractivity contribution in [1.82, 2.24) is 0 Å². The first kappa shape index (κ1) is 14.0. The minimum atomic E-state index is -0.857. The summed E-state index contributed by atoms with van der Waals surface area (Å²) in [5.41, 5.74) is 5.64. The van der Waals surface area contributed by atoms with Gasteiger partial charge in [-0.05, 0) is 24.6 Å². The van der Waals surface area contributed by atoms with Crippen LogP contribution in [-0.2, 0) is 11.3 Å². The Morgan fingerprint density at radius 1 is 1.41 bits per heavy atom. The second-order valence-electron chi connectivity index (χ2n) is 4.38. The zero-order valence-electron chi connectivity index (χ0n) is 10.5. The quantitative estimate of drug-likeness (QED) is 0.753. The van der Waals surface area contributed by atoms with Gasteiger partial charge in [-0.25, -0.2) is 0 Å². The topological polar surface area (TPSA) is 64.7 Å². The Morgan fingerprint density at radius 3 is 2.82 bits per heavy atom. The first-order valence-electron chi connectivity index (χ1n) is 5.70. The summed E-state index contributed by atoms with van der Waals surface area (Å²) in [6.45, 7) is 2.95. The highest BCUT2D eigenvalue weighted by molar-refractivity contribution is 5.28. The van der Waals surface area contributed by atoms with E-state index in [2.05, 4.69) is 0 Å². The molecule has 0 saturated heterocycles. The predicted octanol–water partition coefficient (Wildman–Crippen LogP) is 1.31. The minimum absolute atomic E-state index is 0.236. The number of nitrogens with two attached hydrogens (primary N) is 1. The van der Waals surface area contributed by atoms with Crippen LogP contribution in [0.4, 0.5) is 0 Å². The average molecular weight is 239 g/mol. The van der Waals surface area contributed by atoms with Gasteiger partial charge in [0.05, 0.1) is 18.8 Å². The Hall–Kier alpha value is -1.10. The fourth-order valence-corrected chi connectivity index (χ4v) is 1.38. The molecule has 3 N–H and O–H groups in total. The molecule has 1 unspecified atom stereocenters. The van der Waals surface area contributed by atoms with Gasteiger partial charge in [-0.1, -0.05) is 12.1 Å². The van der Waals surface area contributed by atoms with E-state index in [9.17, 15) is 5.11 Å². The van der Waals surface area contributed by atoms with Gasteiger partial charge in [0.2, 0.25) is 0 Å². The van der Waals surface area contributed by atoms with Crippen molar-refractivity contribution >= 4 is 0 Å². The average Bonchev–Trinajstić information content (AvgIpc) is 2.30. The van der Waals surface area contributed by atoms with Crippen molar-refractivity contribution in [3.05, 3.63) is 29.8 Å². The summed E-state index contributed by atoms with van der Waals surface area (Å²) < 4.78 is 10.6. The molecule has 0 aliphatic heterocycles. The number of benzene rings is 1. The lowest BCUT2D eigenvalue weighted by Gasteiger charge is -2.20. The summed E-state index contributed by atoms with van der Waals surface area (Å²) in [5, 5.41) is 9.72. The van der Waals surface area contributed by atoms with E-state index in [0.29, 0.717) is 19.6 Å². The molecule has 4 heteroatoms. The highest BCUT2D eigenvalue weighted by Gasteiger charge is 2.17. The molecule has 1 rings (SSSR count). The van der Waals surface area contributed by atoms with E-state index in [-0.39, 0.29) is 6.54 Å². The van der Waals surface area contributed by atoms with Crippen molar-refractivity contribution in [3.63, 3.8) is 0 Å². The summed E-state index contributed by atoms with van der Waals surface area (Å²) in [6.07, 6.45) is 0.512. The van der Waals surface area contributed by atoms with Gasteiger partial charge in [-0.2, -0.15) is 0 Å². The lowest BCUT2D eigenvalue weighted by atomic mass is 10.0. The number of methoxy groups -OCH3 is 1. The lowest BCUT2D eigenvalue weighted by Crippen LogP contribution is -2.35. The first-order chi connectivity index (χ1) is 8.07. The second-order valence-corrected chi connectivity index (χ2v) is 4.38. The van der Waals surface area contributed by atoms with E-state index < -0.39 is 5.60 Å². The summed E-state index contributed by atoms with van der Waals surface area (Å²) in [5.74, 6) is 0.785. The Kier molecular flexibility index (Phi) is 5.41. The summed E-state index contributed by atoms with van der Waals surface area (Å²) in [4.78, 5) is 0. The molecular weight excluding hydrogens is 218 g/mol. The normalized spacial score (nSPS) is 14.4. The standard InChI is InChI=1S/C13H21NO3/c1-13(15,10-14)6-7-17-12-5-3-4-11(8-12)9-16-2/h3-5,8,15H,6-7,9-10,14H2,1-2H3. The van der Waals surface area contributed by atoms with Crippen LogP contribution in [-0.4, -0.2) is 31.0 Å². The van der Waals surface area contributed by atoms with Crippen molar-refractivity contribution in [1.29, 1.82) is 0 Å². The van der Waals surface area contributed by atoms with Gasteiger partial charge in [-0.3, -0.25) is 0 Å². The van der Waals surface area contributed by atoms with Crippen LogP contribution in [0.15, 0.2) is 24.3 Å². The second kappa shape index (κ2) is 6.59. The van der Waals surface area contributed by atoms with Gasteiger partial charge in [-0.15, -0.1) is 0 Å². The number of rotatable bonds is 7. The van der Waals surface area contributed by atoms with Gasteiger partial charge >= 0.3 is 0 Å². The minimum Gasteiger partial charge on any atom is -0.493 e. The third-order valence-corrected chi connectivity index (χ3v) is 2.56. The van der Waals surface area contributed by atoms with Gasteiger partial charge in [0, 0.05) is 20.1 Å². The molecule has 0 aliphatic rings. The number of ether oxygens (including phenoxy) is 2. The Labute approximate surface area is 102 Å². The molecule has 1 atom stereocenters. The maximum Gasteiger partial charge on any atom is 0.119 e. The maximum atomic E-state index is 9.72. The summed E-state index contributed by atoms with van der Waals surface area (Å²) in [6, 6.07) is 7.72. The monoisotopic (exact) mass is 239 g/mol. The van der Waals surface area contributed by atoms with E-state index >= 15 is 0 Å². The third-order valence-electron chi connectivity index (χ3n) is 2.56. The summed E-state index contributed by atoms with van der Waals surface area (Å²) in [7, 11) is 1.66. The molecule has 0 heterocycles. The zero-order valence-corrected chi connectivity index (χ0v) is 10.5. The van der Waals surface area contributed by atoms with Crippen LogP contribution in [0.1, 0.15) is 18.9 Å². The zero-order chi connectivity index (χ0) is 12.7. The molecule has 0 spiro atoms. The van der Waals surface area contributed by atoms with Crippen molar-refractivity contribution in [2.24, 2.45) is 5.73 Å². The molecule has 4 nitrogen and oxygen atoms in total. The highest BCUT2D eigenvalue weighted by atomic mass is 16.5. The molecule has 1 aromatic carbocycles. The first-order valence-corrected chi connectivity index (χ1v) is 5.70. The van der Waals surface area contributed by atoms with Crippen LogP contribution >= 0.6 is 0 Å². The van der Waals surface area contributed by atoms with Crippen LogP contribution in [0, 0.1) is 0 Å². The fraction of sp³-hybridized carbons (Fsp3) is 0.538. The highest BCUT2D eigenvalue weighted by Crippen LogP contribution is 2.15. The molecule has 0 amide bonds. The van der Waals surface area contributed by atoms with Crippen molar-refractivity contribution in [2.45, 2.75) is 25.6 Å². The maximum absolute atomic E-state index is 9.72. The van der Waals surface area contributed by atoms with E-state index in [1.165, 1.54) is 0 Å². The SMILES string of the molecule is COCc1cccc(OCCC(C)(O)CN)c1. The van der Waals surface area contributed by atoms with Crippen LogP contribution in [0.3, 0.4) is 0 Å². The molecular formula is C13H21NO3. The third kappa shape index (κ3) is 5.17. The Balaban J connectivity index is 2.44. The van der Waals surface area contributed by atoms with Crippen molar-refractivity contribution in [3.8, 4) is 5.75 Å². The van der Waals surface area contributed by atoms with Crippen LogP contribution < -0.4 is 10.5 Å². The molecule has 17 heavy (non-hydrogen) atoms. The fourth-order valence-electron chi connectivity index (χ4n) is 1.38. The molecule has 0 bridgehead atoms. The van der Waals surface area contributed by atoms with Gasteiger partial charge < -0.3 is 20.3 Å². The lowest BCUT2D eigenvalue weighted by molar-refractivity contribution is 0.0453. The van der Waals surface area contributed by atoms with Crippen molar-refractivity contribution in [2.75, 3.05) is 20.3 Å². The smallest absolute Gasteiger partial charge is 0.119 e. The van der Waals surface area contributed by atoms with E-state index in [1.54, 1.807) is 14.0 Å². The van der Waals surface area contributed by atoms with E-state index in [0.717, 1.165) is 11.3 Å². The number of hydrogen-bond donors (Lipinski definition) is 2. The van der Waals surface area contributed by atoms with Crippen LogP contribution in [0.25, 0.3) is 0 Å². The van der Waals surface area contributed by atoms with Gasteiger partial charge in [0.1, 0.15) is 5.75 Å². The summed E-state index contributed by atoms with van der Waals surface area (Å²) >= 11 is 0. The van der Waals surface area contributed by atoms with Gasteiger partial charge in [0.25, 0.3) is 0 Å². The molecule has 1 aromatic rings. The van der Waals surface area contributed by atoms with Crippen molar-refractivity contribution < 1.29 is 14.6 Å². The Morgan fingerprint density at radius 2 is 2.18 bits per heavy atom. The number of aliphatic hydroxyl groups is 1. The molecule has 0 saturated carbocycles. The molecule has 96 valence electrons. The van der Waals surface area contributed by atoms with Crippen LogP contribution in [0.2, 0.25) is 0 Å². The Bertz CT molecular complexity index is 339. The molecule has 0 aromatic heterocycles. The molecule has 0 radical (unpaired) electrons. The van der Waals surface area contributed by atoms with Gasteiger partial charge in [0.15, 0.2) is 0 Å². The van der Waals surface area contributed by atoms with Crippen LogP contribution in [0.5, 0.6) is 5.75 Å². The molecule has 0 aliphatic carbocycles. The van der Waals surface area contributed by atoms with E-state index in [1.807, 2.05) is 24.3 Å².